The van der Waals surface area contributed by atoms with Crippen LogP contribution in [0.25, 0.3) is 10.8 Å². The van der Waals surface area contributed by atoms with Gasteiger partial charge in [-0.2, -0.15) is 0 Å². The van der Waals surface area contributed by atoms with Crippen molar-refractivity contribution in [2.75, 3.05) is 30.0 Å². The molecule has 194 valence electrons. The van der Waals surface area contributed by atoms with Crippen LogP contribution in [-0.4, -0.2) is 47.2 Å². The molecule has 38 heavy (non-hydrogen) atoms. The zero-order valence-corrected chi connectivity index (χ0v) is 21.8. The van der Waals surface area contributed by atoms with Gasteiger partial charge in [-0.3, -0.25) is 9.59 Å². The van der Waals surface area contributed by atoms with Crippen LogP contribution in [0.5, 0.6) is 5.75 Å². The molecule has 2 aromatic carbocycles. The Morgan fingerprint density at radius 2 is 1.82 bits per heavy atom. The Bertz CT molecular complexity index is 1530. The molecule has 0 radical (unpaired) electrons. The molecule has 1 aliphatic heterocycles. The minimum atomic E-state index is -0.814. The summed E-state index contributed by atoms with van der Waals surface area (Å²) in [6.07, 6.45) is 2.92. The molecule has 0 atom stereocenters. The van der Waals surface area contributed by atoms with Crippen molar-refractivity contribution in [3.8, 4) is 5.75 Å². The van der Waals surface area contributed by atoms with E-state index in [1.165, 1.54) is 0 Å². The quantitative estimate of drug-likeness (QED) is 0.342. The second-order valence-electron chi connectivity index (χ2n) is 9.38. The maximum absolute atomic E-state index is 13.4. The SMILES string of the molecule is CCN1c2ncc(CCOc3ccc(CCC(=O)O)c4ccccc34)cc2C(=O)N(C)c2ccc(C)nc21. The molecule has 0 unspecified atom stereocenters. The van der Waals surface area contributed by atoms with E-state index >= 15 is 0 Å². The summed E-state index contributed by atoms with van der Waals surface area (Å²) in [5.41, 5.74) is 4.06. The lowest BCUT2D eigenvalue weighted by Gasteiger charge is -2.23. The van der Waals surface area contributed by atoms with Crippen LogP contribution in [0.4, 0.5) is 17.3 Å². The van der Waals surface area contributed by atoms with Crippen molar-refractivity contribution in [2.45, 2.75) is 33.1 Å². The Morgan fingerprint density at radius 1 is 1.03 bits per heavy atom. The summed E-state index contributed by atoms with van der Waals surface area (Å²) in [7, 11) is 1.77. The summed E-state index contributed by atoms with van der Waals surface area (Å²) in [6.45, 7) is 4.99. The van der Waals surface area contributed by atoms with E-state index in [0.717, 1.165) is 44.8 Å². The second-order valence-corrected chi connectivity index (χ2v) is 9.38. The van der Waals surface area contributed by atoms with E-state index in [1.807, 2.05) is 73.3 Å². The van der Waals surface area contributed by atoms with Gasteiger partial charge in [0, 0.05) is 43.7 Å². The molecule has 3 heterocycles. The van der Waals surface area contributed by atoms with Crippen LogP contribution in [0.2, 0.25) is 0 Å². The fraction of sp³-hybridized carbons (Fsp3) is 0.267. The van der Waals surface area contributed by atoms with E-state index in [1.54, 1.807) is 18.1 Å². The molecular weight excluding hydrogens is 480 g/mol. The maximum Gasteiger partial charge on any atom is 0.303 e. The van der Waals surface area contributed by atoms with Crippen LogP contribution >= 0.6 is 0 Å². The Kier molecular flexibility index (Phi) is 6.96. The third-order valence-electron chi connectivity index (χ3n) is 6.87. The number of fused-ring (bicyclic) bond motifs is 3. The van der Waals surface area contributed by atoms with Gasteiger partial charge in [0.2, 0.25) is 0 Å². The van der Waals surface area contributed by atoms with Gasteiger partial charge in [0.1, 0.15) is 11.6 Å². The third kappa shape index (κ3) is 4.77. The number of carbonyl (C=O) groups is 2. The highest BCUT2D eigenvalue weighted by Crippen LogP contribution is 2.38. The molecule has 4 aromatic rings. The zero-order valence-electron chi connectivity index (χ0n) is 21.8. The second kappa shape index (κ2) is 10.5. The van der Waals surface area contributed by atoms with Gasteiger partial charge in [0.05, 0.1) is 17.9 Å². The van der Waals surface area contributed by atoms with Crippen LogP contribution in [0.15, 0.2) is 60.8 Å². The minimum absolute atomic E-state index is 0.0830. The molecular formula is C30H30N4O4. The molecule has 8 nitrogen and oxygen atoms in total. The smallest absolute Gasteiger partial charge is 0.303 e. The number of pyridine rings is 2. The number of amides is 1. The number of anilines is 3. The Labute approximate surface area is 221 Å². The van der Waals surface area contributed by atoms with E-state index in [9.17, 15) is 9.59 Å². The van der Waals surface area contributed by atoms with Crippen molar-refractivity contribution in [1.82, 2.24) is 9.97 Å². The number of ether oxygens (including phenoxy) is 1. The fourth-order valence-corrected chi connectivity index (χ4v) is 4.89. The lowest BCUT2D eigenvalue weighted by atomic mass is 10.00. The molecule has 8 heteroatoms. The molecule has 0 saturated heterocycles. The monoisotopic (exact) mass is 510 g/mol. The van der Waals surface area contributed by atoms with E-state index < -0.39 is 5.97 Å². The number of benzene rings is 2. The summed E-state index contributed by atoms with van der Waals surface area (Å²) < 4.78 is 6.17. The molecule has 1 amide bonds. The number of rotatable bonds is 8. The van der Waals surface area contributed by atoms with Gasteiger partial charge in [-0.1, -0.05) is 30.3 Å². The third-order valence-corrected chi connectivity index (χ3v) is 6.87. The van der Waals surface area contributed by atoms with Crippen molar-refractivity contribution in [3.05, 3.63) is 83.2 Å². The van der Waals surface area contributed by atoms with Gasteiger partial charge < -0.3 is 19.6 Å². The lowest BCUT2D eigenvalue weighted by Crippen LogP contribution is -2.25. The summed E-state index contributed by atoms with van der Waals surface area (Å²) >= 11 is 0. The summed E-state index contributed by atoms with van der Waals surface area (Å²) in [5.74, 6) is 1.14. The Balaban J connectivity index is 1.37. The van der Waals surface area contributed by atoms with Crippen LogP contribution in [0.3, 0.4) is 0 Å². The number of carbonyl (C=O) groups excluding carboxylic acids is 1. The number of aryl methyl sites for hydroxylation is 2. The fourth-order valence-electron chi connectivity index (χ4n) is 4.89. The van der Waals surface area contributed by atoms with Crippen molar-refractivity contribution >= 4 is 40.0 Å². The largest absolute Gasteiger partial charge is 0.493 e. The minimum Gasteiger partial charge on any atom is -0.493 e. The Morgan fingerprint density at radius 3 is 2.58 bits per heavy atom. The van der Waals surface area contributed by atoms with Gasteiger partial charge in [0.15, 0.2) is 5.82 Å². The first-order valence-electron chi connectivity index (χ1n) is 12.7. The van der Waals surface area contributed by atoms with Crippen LogP contribution in [0.1, 0.15) is 40.5 Å². The summed E-state index contributed by atoms with van der Waals surface area (Å²) in [5, 5.41) is 11.0. The number of aliphatic carboxylic acids is 1. The number of hydrogen-bond acceptors (Lipinski definition) is 6. The predicted molar refractivity (Wildman–Crippen MR) is 148 cm³/mol. The van der Waals surface area contributed by atoms with Crippen molar-refractivity contribution in [2.24, 2.45) is 0 Å². The number of nitrogens with zero attached hydrogens (tertiary/aromatic N) is 4. The van der Waals surface area contributed by atoms with Crippen LogP contribution in [0, 0.1) is 6.92 Å². The maximum atomic E-state index is 13.4. The molecule has 0 bridgehead atoms. The van der Waals surface area contributed by atoms with Gasteiger partial charge in [-0.25, -0.2) is 9.97 Å². The summed E-state index contributed by atoms with van der Waals surface area (Å²) in [4.78, 5) is 37.5. The van der Waals surface area contributed by atoms with Crippen LogP contribution < -0.4 is 14.5 Å². The normalized spacial score (nSPS) is 12.8. The van der Waals surface area contributed by atoms with Gasteiger partial charge in [0.25, 0.3) is 5.91 Å². The Hall–Kier alpha value is -4.46. The predicted octanol–water partition coefficient (Wildman–Crippen LogP) is 5.32. The van der Waals surface area contributed by atoms with Gasteiger partial charge in [-0.05, 0) is 61.0 Å². The molecule has 0 spiro atoms. The van der Waals surface area contributed by atoms with Gasteiger partial charge in [-0.15, -0.1) is 0 Å². The first-order valence-corrected chi connectivity index (χ1v) is 12.7. The van der Waals surface area contributed by atoms with Crippen molar-refractivity contribution in [3.63, 3.8) is 0 Å². The average molecular weight is 511 g/mol. The number of aromatic nitrogens is 2. The number of hydrogen-bond donors (Lipinski definition) is 1. The topological polar surface area (TPSA) is 95.9 Å². The number of carboxylic acids is 1. The molecule has 1 N–H and O–H groups in total. The molecule has 5 rings (SSSR count). The zero-order chi connectivity index (χ0) is 26.8. The van der Waals surface area contributed by atoms with E-state index in [2.05, 4.69) is 0 Å². The molecule has 0 saturated carbocycles. The van der Waals surface area contributed by atoms with E-state index in [4.69, 9.17) is 19.8 Å². The lowest BCUT2D eigenvalue weighted by molar-refractivity contribution is -0.136. The summed E-state index contributed by atoms with van der Waals surface area (Å²) in [6, 6.07) is 17.4. The van der Waals surface area contributed by atoms with E-state index in [0.29, 0.717) is 37.4 Å². The van der Waals surface area contributed by atoms with Crippen molar-refractivity contribution in [1.29, 1.82) is 0 Å². The van der Waals surface area contributed by atoms with Gasteiger partial charge >= 0.3 is 5.97 Å². The van der Waals surface area contributed by atoms with E-state index in [-0.39, 0.29) is 12.3 Å². The molecule has 2 aromatic heterocycles. The highest BCUT2D eigenvalue weighted by Gasteiger charge is 2.30. The highest BCUT2D eigenvalue weighted by atomic mass is 16.5. The van der Waals surface area contributed by atoms with Crippen LogP contribution in [-0.2, 0) is 17.6 Å². The standard InChI is InChI=1S/C30H30N4O4/c1-4-34-28-24(30(37)33(3)25-12-9-19(2)32-29(25)34)17-20(18-31-28)15-16-38-26-13-10-21(11-14-27(35)36)22-7-5-6-8-23(22)26/h5-10,12-13,17-18H,4,11,14-16H2,1-3H3,(H,35,36). The average Bonchev–Trinajstić information content (AvgIpc) is 3.00. The van der Waals surface area contributed by atoms with Crippen molar-refractivity contribution < 1.29 is 19.4 Å². The molecule has 1 aliphatic rings. The first-order chi connectivity index (χ1) is 18.4. The highest BCUT2D eigenvalue weighted by molar-refractivity contribution is 6.12. The first kappa shape index (κ1) is 25.2. The molecule has 0 aliphatic carbocycles. The molecule has 0 fully saturated rings. The number of carboxylic acid groups (broad SMARTS) is 1.